The summed E-state index contributed by atoms with van der Waals surface area (Å²) in [5.74, 6) is 2.41. The Balaban J connectivity index is 0.000000255. The zero-order chi connectivity index (χ0) is 40.3. The maximum atomic E-state index is 12.1. The average Bonchev–Trinajstić information content (AvgIpc) is 3.76. The van der Waals surface area contributed by atoms with Gasteiger partial charge in [0.25, 0.3) is 0 Å². The number of hydrogen-bond acceptors (Lipinski definition) is 7. The molecule has 55 heavy (non-hydrogen) atoms. The number of carbonyl (C=O) groups is 3. The molecule has 3 aromatic carbocycles. The molecule has 0 unspecified atom stereocenters. The highest BCUT2D eigenvalue weighted by Gasteiger charge is 2.18. The Morgan fingerprint density at radius 3 is 1.65 bits per heavy atom. The van der Waals surface area contributed by atoms with Gasteiger partial charge in [0, 0.05) is 68.7 Å². The van der Waals surface area contributed by atoms with Gasteiger partial charge in [-0.05, 0) is 95.3 Å². The maximum Gasteiger partial charge on any atom is 0.408 e. The van der Waals surface area contributed by atoms with Crippen molar-refractivity contribution < 1.29 is 23.9 Å². The summed E-state index contributed by atoms with van der Waals surface area (Å²) in [5, 5.41) is 5.80. The van der Waals surface area contributed by atoms with E-state index in [1.165, 1.54) is 7.14 Å². The summed E-state index contributed by atoms with van der Waals surface area (Å²) < 4.78 is 15.7. The second-order valence-corrected chi connectivity index (χ2v) is 15.5. The normalized spacial score (nSPS) is 11.5. The minimum Gasteiger partial charge on any atom is -0.452 e. The lowest BCUT2D eigenvalue weighted by Crippen LogP contribution is -2.28. The highest BCUT2D eigenvalue weighted by Crippen LogP contribution is 2.23. The van der Waals surface area contributed by atoms with E-state index in [-0.39, 0.29) is 31.2 Å². The number of ether oxygens (including phenoxy) is 2. The molecule has 0 aliphatic carbocycles. The van der Waals surface area contributed by atoms with Crippen LogP contribution in [-0.4, -0.2) is 54.9 Å². The van der Waals surface area contributed by atoms with Crippen LogP contribution in [0.25, 0.3) is 22.5 Å². The van der Waals surface area contributed by atoms with Gasteiger partial charge >= 0.3 is 11.5 Å². The minimum absolute atomic E-state index is 0.00645. The molecule has 16 heteroatoms. The molecule has 0 radical (unpaired) electrons. The van der Waals surface area contributed by atoms with Crippen LogP contribution in [0.15, 0.2) is 91.3 Å². The summed E-state index contributed by atoms with van der Waals surface area (Å²) in [4.78, 5) is 42.9. The van der Waals surface area contributed by atoms with Crippen LogP contribution in [0.4, 0.5) is 9.59 Å². The van der Waals surface area contributed by atoms with Gasteiger partial charge in [-0.2, -0.15) is 0 Å². The van der Waals surface area contributed by atoms with E-state index in [0.29, 0.717) is 24.6 Å². The topological polar surface area (TPSA) is 129 Å². The van der Waals surface area contributed by atoms with E-state index in [1.54, 1.807) is 0 Å². The number of halogens is 5. The fourth-order valence-electron chi connectivity index (χ4n) is 5.02. The first kappa shape index (κ1) is 46.0. The molecular weight excluding hydrogens is 993 g/mol. The highest BCUT2D eigenvalue weighted by molar-refractivity contribution is 14.1. The molecular formula is C39H43Cl3I2N6O5. The van der Waals surface area contributed by atoms with Gasteiger partial charge in [0.1, 0.15) is 24.9 Å². The Kier molecular flexibility index (Phi) is 20.3. The molecule has 2 heterocycles. The molecule has 0 aliphatic rings. The number of imidazole rings is 2. The third-order valence-electron chi connectivity index (χ3n) is 7.63. The van der Waals surface area contributed by atoms with E-state index in [4.69, 9.17) is 39.5 Å². The van der Waals surface area contributed by atoms with Crippen molar-refractivity contribution in [3.63, 3.8) is 0 Å². The van der Waals surface area contributed by atoms with E-state index in [9.17, 15) is 14.4 Å². The molecule has 0 aliphatic heterocycles. The van der Waals surface area contributed by atoms with Crippen LogP contribution < -0.4 is 10.6 Å². The Hall–Kier alpha value is -3.38. The van der Waals surface area contributed by atoms with Crippen LogP contribution in [-0.2, 0) is 35.0 Å². The van der Waals surface area contributed by atoms with Crippen molar-refractivity contribution in [1.29, 1.82) is 0 Å². The zero-order valence-corrected chi connectivity index (χ0v) is 37.4. The standard InChI is InChI=1S/C20H20IN3O2.C16H19ClIN3O.C3H4Cl2O2/c1-14(22-20(25)26-13-15-6-4-3-5-7-15)19-23-18(12-24(19)2)16-8-10-17(21)11-9-16;1-11(19-15(22)4-3-9-17)16-20-14(10-21(16)2)12-5-7-13(18)8-6-12;4-1-2-7-3(5)6/h3-12,14H,13H2,1-2H3,(H,22,25);5-8,10-11H,3-4,9H2,1-2H3,(H,19,22);1-2H2/t14-;11-;/m11./s1. The monoisotopic (exact) mass is 1030 g/mol. The highest BCUT2D eigenvalue weighted by atomic mass is 127. The Morgan fingerprint density at radius 2 is 1.22 bits per heavy atom. The van der Waals surface area contributed by atoms with Crippen molar-refractivity contribution in [1.82, 2.24) is 29.7 Å². The number of aromatic nitrogens is 4. The largest absolute Gasteiger partial charge is 0.452 e. The molecule has 5 rings (SSSR count). The van der Waals surface area contributed by atoms with Crippen LogP contribution >= 0.6 is 80.0 Å². The first-order chi connectivity index (χ1) is 26.3. The van der Waals surface area contributed by atoms with Gasteiger partial charge in [-0.25, -0.2) is 19.6 Å². The first-order valence-corrected chi connectivity index (χ1v) is 20.7. The molecule has 0 fully saturated rings. The second-order valence-electron chi connectivity index (χ2n) is 12.0. The number of alkyl halides is 2. The molecule has 5 aromatic rings. The van der Waals surface area contributed by atoms with Gasteiger partial charge in [0.2, 0.25) is 5.91 Å². The number of carbonyl (C=O) groups excluding carboxylic acids is 3. The summed E-state index contributed by atoms with van der Waals surface area (Å²) in [6, 6.07) is 25.6. The number of nitrogens with one attached hydrogen (secondary N) is 2. The summed E-state index contributed by atoms with van der Waals surface area (Å²) in [5.41, 5.74) is 4.06. The molecule has 2 atom stereocenters. The molecule has 11 nitrogen and oxygen atoms in total. The first-order valence-electron chi connectivity index (χ1n) is 17.1. The number of rotatable bonds is 13. The fraction of sp³-hybridized carbons (Fsp3) is 0.308. The van der Waals surface area contributed by atoms with Gasteiger partial charge < -0.3 is 29.2 Å². The van der Waals surface area contributed by atoms with E-state index in [2.05, 4.69) is 94.8 Å². The predicted molar refractivity (Wildman–Crippen MR) is 235 cm³/mol. The zero-order valence-electron chi connectivity index (χ0n) is 30.8. The SMILES string of the molecule is C[C@@H](NC(=O)CCCCl)c1nc(-c2ccc(I)cc2)cn1C.C[C@@H](NC(=O)OCc1ccccc1)c1nc(-c2ccc(I)cc2)cn1C.O=C(Cl)OCCCl. The van der Waals surface area contributed by atoms with Crippen molar-refractivity contribution >= 4 is 97.4 Å². The van der Waals surface area contributed by atoms with Crippen molar-refractivity contribution in [2.45, 2.75) is 45.4 Å². The van der Waals surface area contributed by atoms with E-state index in [0.717, 1.165) is 39.7 Å². The summed E-state index contributed by atoms with van der Waals surface area (Å²) in [6.45, 7) is 4.26. The van der Waals surface area contributed by atoms with E-state index in [1.807, 2.05) is 104 Å². The van der Waals surface area contributed by atoms with E-state index < -0.39 is 11.5 Å². The number of nitrogens with zero attached hydrogens (tertiary/aromatic N) is 4. The minimum atomic E-state index is -0.805. The summed E-state index contributed by atoms with van der Waals surface area (Å²) >= 11 is 20.0. The van der Waals surface area contributed by atoms with Gasteiger partial charge in [0.15, 0.2) is 0 Å². The summed E-state index contributed by atoms with van der Waals surface area (Å²) in [7, 11) is 3.87. The van der Waals surface area contributed by atoms with Gasteiger partial charge in [-0.1, -0.05) is 54.6 Å². The van der Waals surface area contributed by atoms with Crippen LogP contribution in [0.3, 0.4) is 0 Å². The lowest BCUT2D eigenvalue weighted by molar-refractivity contribution is -0.121. The second kappa shape index (κ2) is 24.3. The fourth-order valence-corrected chi connectivity index (χ4v) is 6.02. The summed E-state index contributed by atoms with van der Waals surface area (Å²) in [6.07, 6.45) is 4.63. The molecule has 0 spiro atoms. The van der Waals surface area contributed by atoms with Crippen LogP contribution in [0.2, 0.25) is 0 Å². The van der Waals surface area contributed by atoms with Gasteiger partial charge in [0.05, 0.1) is 29.4 Å². The molecule has 0 saturated heterocycles. The Labute approximate surface area is 364 Å². The number of aryl methyl sites for hydroxylation is 2. The number of alkyl carbamates (subject to hydrolysis) is 1. The van der Waals surface area contributed by atoms with Crippen molar-refractivity contribution in [3.8, 4) is 22.5 Å². The lowest BCUT2D eigenvalue weighted by atomic mass is 10.2. The Bertz CT molecular complexity index is 1940. The number of hydrogen-bond donors (Lipinski definition) is 2. The van der Waals surface area contributed by atoms with Crippen molar-refractivity contribution in [3.05, 3.63) is 116 Å². The molecule has 0 bridgehead atoms. The van der Waals surface area contributed by atoms with Crippen LogP contribution in [0.5, 0.6) is 0 Å². The predicted octanol–water partition coefficient (Wildman–Crippen LogP) is 10.2. The van der Waals surface area contributed by atoms with Crippen LogP contribution in [0.1, 0.15) is 56.0 Å². The van der Waals surface area contributed by atoms with Gasteiger partial charge in [-0.3, -0.25) is 4.79 Å². The van der Waals surface area contributed by atoms with Crippen molar-refractivity contribution in [2.75, 3.05) is 18.4 Å². The third kappa shape index (κ3) is 16.3. The van der Waals surface area contributed by atoms with Crippen LogP contribution in [0, 0.1) is 7.14 Å². The lowest BCUT2D eigenvalue weighted by Gasteiger charge is -2.13. The molecule has 2 N–H and O–H groups in total. The van der Waals surface area contributed by atoms with E-state index >= 15 is 0 Å². The Morgan fingerprint density at radius 1 is 0.727 bits per heavy atom. The maximum absolute atomic E-state index is 12.1. The quantitative estimate of drug-likeness (QED) is 0.0683. The number of amides is 2. The molecule has 2 amide bonds. The number of benzene rings is 3. The van der Waals surface area contributed by atoms with Crippen molar-refractivity contribution in [2.24, 2.45) is 14.1 Å². The van der Waals surface area contributed by atoms with Gasteiger partial charge in [-0.15, -0.1) is 23.2 Å². The average molecular weight is 1040 g/mol. The molecule has 0 saturated carbocycles. The third-order valence-corrected chi connectivity index (χ3v) is 9.60. The molecule has 2 aromatic heterocycles. The molecule has 294 valence electrons. The smallest absolute Gasteiger partial charge is 0.408 e.